The van der Waals surface area contributed by atoms with Crippen LogP contribution in [0.15, 0.2) is 18.2 Å². The van der Waals surface area contributed by atoms with Gasteiger partial charge in [0, 0.05) is 19.2 Å². The van der Waals surface area contributed by atoms with Gasteiger partial charge in [0.05, 0.1) is 7.11 Å². The Morgan fingerprint density at radius 1 is 1.50 bits per heavy atom. The van der Waals surface area contributed by atoms with Crippen molar-refractivity contribution < 1.29 is 14.2 Å². The molecule has 0 saturated heterocycles. The van der Waals surface area contributed by atoms with Crippen LogP contribution in [0.4, 0.5) is 4.39 Å². The first-order chi connectivity index (χ1) is 7.67. The number of hydrogen-bond acceptors (Lipinski definition) is 3. The topological polar surface area (TPSA) is 41.5 Å². The average molecular weight is 227 g/mol. The van der Waals surface area contributed by atoms with Gasteiger partial charge in [-0.15, -0.1) is 0 Å². The summed E-state index contributed by atoms with van der Waals surface area (Å²) in [7, 11) is 1.44. The van der Waals surface area contributed by atoms with E-state index in [0.717, 1.165) is 5.56 Å². The van der Waals surface area contributed by atoms with Gasteiger partial charge in [-0.25, -0.2) is 4.39 Å². The third-order valence-electron chi connectivity index (χ3n) is 2.43. The average Bonchev–Trinajstić information content (AvgIpc) is 2.27. The molecule has 1 rings (SSSR count). The molecular weight excluding hydrogens is 209 g/mol. The molecule has 1 aromatic carbocycles. The minimum Gasteiger partial charge on any atom is -0.494 e. The van der Waals surface area contributed by atoms with Crippen LogP contribution in [0.2, 0.25) is 0 Å². The molecule has 16 heavy (non-hydrogen) atoms. The molecule has 2 N–H and O–H groups in total. The minimum absolute atomic E-state index is 0.158. The highest BCUT2D eigenvalue weighted by atomic mass is 19.1. The van der Waals surface area contributed by atoms with Crippen molar-refractivity contribution in [3.8, 4) is 5.75 Å². The zero-order chi connectivity index (χ0) is 12.0. The van der Waals surface area contributed by atoms with Crippen molar-refractivity contribution in [2.45, 2.75) is 25.9 Å². The summed E-state index contributed by atoms with van der Waals surface area (Å²) in [5, 5.41) is 11.9. The number of rotatable bonds is 6. The van der Waals surface area contributed by atoms with Crippen LogP contribution in [0, 0.1) is 5.82 Å². The molecule has 0 amide bonds. The summed E-state index contributed by atoms with van der Waals surface area (Å²) >= 11 is 0. The van der Waals surface area contributed by atoms with E-state index in [9.17, 15) is 4.39 Å². The van der Waals surface area contributed by atoms with E-state index >= 15 is 0 Å². The fraction of sp³-hybridized carbons (Fsp3) is 0.500. The van der Waals surface area contributed by atoms with E-state index in [1.807, 2.05) is 13.0 Å². The summed E-state index contributed by atoms with van der Waals surface area (Å²) in [5.74, 6) is -0.0937. The summed E-state index contributed by atoms with van der Waals surface area (Å²) in [4.78, 5) is 0. The van der Waals surface area contributed by atoms with Crippen molar-refractivity contribution in [3.63, 3.8) is 0 Å². The zero-order valence-electron chi connectivity index (χ0n) is 9.66. The van der Waals surface area contributed by atoms with Crippen LogP contribution in [-0.2, 0) is 6.54 Å². The van der Waals surface area contributed by atoms with Gasteiger partial charge in [-0.1, -0.05) is 6.07 Å². The summed E-state index contributed by atoms with van der Waals surface area (Å²) in [6, 6.07) is 5.11. The van der Waals surface area contributed by atoms with Crippen LogP contribution in [0.25, 0.3) is 0 Å². The van der Waals surface area contributed by atoms with Crippen LogP contribution in [0.3, 0.4) is 0 Å². The molecular formula is C12H18FNO2. The van der Waals surface area contributed by atoms with Gasteiger partial charge in [0.1, 0.15) is 0 Å². The van der Waals surface area contributed by atoms with Gasteiger partial charge in [-0.3, -0.25) is 0 Å². The number of halogens is 1. The minimum atomic E-state index is -0.350. The standard InChI is InChI=1S/C12H18FNO2/c1-9(5-6-15)14-8-10-3-4-12(16-2)11(13)7-10/h3-4,7,9,14-15H,5-6,8H2,1-2H3/t9-/m1/s1. The molecule has 4 heteroatoms. The van der Waals surface area contributed by atoms with E-state index in [2.05, 4.69) is 5.32 Å². The molecule has 0 heterocycles. The maximum atomic E-state index is 13.3. The summed E-state index contributed by atoms with van der Waals surface area (Å²) in [5.41, 5.74) is 0.864. The Bertz CT molecular complexity index is 331. The lowest BCUT2D eigenvalue weighted by atomic mass is 10.2. The third kappa shape index (κ3) is 3.79. The summed E-state index contributed by atoms with van der Waals surface area (Å²) < 4.78 is 18.2. The first kappa shape index (κ1) is 12.9. The van der Waals surface area contributed by atoms with E-state index < -0.39 is 0 Å². The van der Waals surface area contributed by atoms with E-state index in [4.69, 9.17) is 9.84 Å². The molecule has 0 unspecified atom stereocenters. The molecule has 1 aromatic rings. The van der Waals surface area contributed by atoms with Crippen LogP contribution >= 0.6 is 0 Å². The highest BCUT2D eigenvalue weighted by Crippen LogP contribution is 2.17. The van der Waals surface area contributed by atoms with E-state index in [0.29, 0.717) is 13.0 Å². The lowest BCUT2D eigenvalue weighted by Crippen LogP contribution is -2.26. The van der Waals surface area contributed by atoms with Crippen molar-refractivity contribution >= 4 is 0 Å². The SMILES string of the molecule is COc1ccc(CN[C@H](C)CCO)cc1F. The van der Waals surface area contributed by atoms with Crippen LogP contribution in [-0.4, -0.2) is 24.9 Å². The van der Waals surface area contributed by atoms with Crippen LogP contribution < -0.4 is 10.1 Å². The molecule has 0 aromatic heterocycles. The van der Waals surface area contributed by atoms with Gasteiger partial charge < -0.3 is 15.2 Å². The van der Waals surface area contributed by atoms with Crippen LogP contribution in [0.5, 0.6) is 5.75 Å². The molecule has 0 saturated carbocycles. The Labute approximate surface area is 95.2 Å². The predicted octanol–water partition coefficient (Wildman–Crippen LogP) is 1.69. The Morgan fingerprint density at radius 3 is 2.81 bits per heavy atom. The van der Waals surface area contributed by atoms with Gasteiger partial charge in [0.15, 0.2) is 11.6 Å². The number of methoxy groups -OCH3 is 1. The second-order valence-corrected chi connectivity index (χ2v) is 3.76. The third-order valence-corrected chi connectivity index (χ3v) is 2.43. The Morgan fingerprint density at radius 2 is 2.25 bits per heavy atom. The lowest BCUT2D eigenvalue weighted by Gasteiger charge is -2.12. The molecule has 3 nitrogen and oxygen atoms in total. The summed E-state index contributed by atoms with van der Waals surface area (Å²) in [6.45, 7) is 2.73. The second kappa shape index (κ2) is 6.45. The monoisotopic (exact) mass is 227 g/mol. The Balaban J connectivity index is 2.51. The van der Waals surface area contributed by atoms with Gasteiger partial charge in [-0.05, 0) is 31.0 Å². The predicted molar refractivity (Wildman–Crippen MR) is 61.0 cm³/mol. The maximum absolute atomic E-state index is 13.3. The number of nitrogens with one attached hydrogen (secondary N) is 1. The number of hydrogen-bond donors (Lipinski definition) is 2. The number of benzene rings is 1. The van der Waals surface area contributed by atoms with Gasteiger partial charge in [0.2, 0.25) is 0 Å². The molecule has 0 aliphatic heterocycles. The van der Waals surface area contributed by atoms with Gasteiger partial charge >= 0.3 is 0 Å². The Kier molecular flexibility index (Phi) is 5.22. The fourth-order valence-electron chi connectivity index (χ4n) is 1.41. The van der Waals surface area contributed by atoms with Crippen molar-refractivity contribution in [2.75, 3.05) is 13.7 Å². The zero-order valence-corrected chi connectivity index (χ0v) is 9.66. The Hall–Kier alpha value is -1.13. The number of ether oxygens (including phenoxy) is 1. The first-order valence-electron chi connectivity index (χ1n) is 5.34. The quantitative estimate of drug-likeness (QED) is 0.777. The van der Waals surface area contributed by atoms with E-state index in [1.165, 1.54) is 13.2 Å². The number of aliphatic hydroxyl groups excluding tert-OH is 1. The van der Waals surface area contributed by atoms with Gasteiger partial charge in [-0.2, -0.15) is 0 Å². The van der Waals surface area contributed by atoms with E-state index in [-0.39, 0.29) is 24.2 Å². The molecule has 0 radical (unpaired) electrons. The lowest BCUT2D eigenvalue weighted by molar-refractivity contribution is 0.268. The smallest absolute Gasteiger partial charge is 0.165 e. The number of aliphatic hydroxyl groups is 1. The fourth-order valence-corrected chi connectivity index (χ4v) is 1.41. The van der Waals surface area contributed by atoms with Crippen molar-refractivity contribution in [1.82, 2.24) is 5.32 Å². The molecule has 90 valence electrons. The highest BCUT2D eigenvalue weighted by molar-refractivity contribution is 5.29. The first-order valence-corrected chi connectivity index (χ1v) is 5.34. The second-order valence-electron chi connectivity index (χ2n) is 3.76. The molecule has 0 aliphatic carbocycles. The molecule has 0 bridgehead atoms. The van der Waals surface area contributed by atoms with Crippen LogP contribution in [0.1, 0.15) is 18.9 Å². The normalized spacial score (nSPS) is 12.5. The van der Waals surface area contributed by atoms with Crippen molar-refractivity contribution in [2.24, 2.45) is 0 Å². The molecule has 0 aliphatic rings. The highest BCUT2D eigenvalue weighted by Gasteiger charge is 2.04. The molecule has 0 fully saturated rings. The largest absolute Gasteiger partial charge is 0.494 e. The summed E-state index contributed by atoms with van der Waals surface area (Å²) in [6.07, 6.45) is 0.693. The van der Waals surface area contributed by atoms with Crippen molar-refractivity contribution in [3.05, 3.63) is 29.6 Å². The molecule has 1 atom stereocenters. The van der Waals surface area contributed by atoms with E-state index in [1.54, 1.807) is 6.07 Å². The maximum Gasteiger partial charge on any atom is 0.165 e. The van der Waals surface area contributed by atoms with Crippen molar-refractivity contribution in [1.29, 1.82) is 0 Å². The van der Waals surface area contributed by atoms with Gasteiger partial charge in [0.25, 0.3) is 0 Å². The molecule has 0 spiro atoms.